The fraction of sp³-hybridized carbons (Fsp3) is 0.750. The van der Waals surface area contributed by atoms with Gasteiger partial charge in [-0.2, -0.15) is 5.10 Å². The topological polar surface area (TPSA) is 72.7 Å². The maximum atomic E-state index is 5.15. The molecule has 1 rings (SSSR count). The van der Waals surface area contributed by atoms with Crippen molar-refractivity contribution in [3.63, 3.8) is 0 Å². The molecule has 24 heavy (non-hydrogen) atoms. The first-order valence-corrected chi connectivity index (χ1v) is 8.09. The summed E-state index contributed by atoms with van der Waals surface area (Å²) in [6, 6.07) is 0.199. The number of halogens is 1. The maximum Gasteiger partial charge on any atom is 0.191 e. The molecular formula is C16H32IN5O2. The second kappa shape index (κ2) is 12.5. The highest BCUT2D eigenvalue weighted by atomic mass is 127. The van der Waals surface area contributed by atoms with E-state index in [-0.39, 0.29) is 30.0 Å². The third-order valence-electron chi connectivity index (χ3n) is 3.58. The van der Waals surface area contributed by atoms with E-state index in [1.165, 1.54) is 0 Å². The van der Waals surface area contributed by atoms with Gasteiger partial charge in [0.25, 0.3) is 0 Å². The van der Waals surface area contributed by atoms with Crippen LogP contribution < -0.4 is 10.6 Å². The van der Waals surface area contributed by atoms with Crippen molar-refractivity contribution in [3.8, 4) is 0 Å². The number of aliphatic imine (C=N–C) groups is 1. The first-order chi connectivity index (χ1) is 11.0. The average molecular weight is 453 g/mol. The van der Waals surface area contributed by atoms with Crippen molar-refractivity contribution in [2.45, 2.75) is 46.8 Å². The molecule has 0 fully saturated rings. The van der Waals surface area contributed by atoms with Crippen LogP contribution in [-0.4, -0.2) is 55.8 Å². The van der Waals surface area contributed by atoms with Crippen molar-refractivity contribution in [2.75, 3.05) is 34.0 Å². The lowest BCUT2D eigenvalue weighted by molar-refractivity contribution is 0.179. The molecule has 0 bridgehead atoms. The van der Waals surface area contributed by atoms with Gasteiger partial charge in [0.05, 0.1) is 32.0 Å². The summed E-state index contributed by atoms with van der Waals surface area (Å²) in [6.45, 7) is 11.7. The summed E-state index contributed by atoms with van der Waals surface area (Å²) in [5.41, 5.74) is 3.32. The molecule has 0 aliphatic heterocycles. The summed E-state index contributed by atoms with van der Waals surface area (Å²) in [6.07, 6.45) is 0. The molecule has 1 aromatic heterocycles. The van der Waals surface area contributed by atoms with Crippen LogP contribution in [0.15, 0.2) is 4.99 Å². The highest BCUT2D eigenvalue weighted by Gasteiger charge is 2.11. The predicted octanol–water partition coefficient (Wildman–Crippen LogP) is 1.85. The number of rotatable bonds is 9. The van der Waals surface area contributed by atoms with Gasteiger partial charge in [0.15, 0.2) is 5.96 Å². The lowest BCUT2D eigenvalue weighted by Gasteiger charge is -2.17. The number of hydrogen-bond donors (Lipinski definition) is 2. The molecule has 0 spiro atoms. The number of guanidine groups is 1. The Morgan fingerprint density at radius 1 is 1.29 bits per heavy atom. The summed E-state index contributed by atoms with van der Waals surface area (Å²) in [4.78, 5) is 4.68. The van der Waals surface area contributed by atoms with Crippen LogP contribution in [0.4, 0.5) is 0 Å². The van der Waals surface area contributed by atoms with E-state index in [4.69, 9.17) is 9.47 Å². The Morgan fingerprint density at radius 2 is 2.00 bits per heavy atom. The van der Waals surface area contributed by atoms with Gasteiger partial charge < -0.3 is 20.1 Å². The van der Waals surface area contributed by atoms with Crippen LogP contribution in [0.5, 0.6) is 0 Å². The lowest BCUT2D eigenvalue weighted by Crippen LogP contribution is -2.43. The van der Waals surface area contributed by atoms with Crippen molar-refractivity contribution >= 4 is 29.9 Å². The van der Waals surface area contributed by atoms with Crippen LogP contribution in [0.1, 0.15) is 30.8 Å². The summed E-state index contributed by atoms with van der Waals surface area (Å²) in [7, 11) is 3.40. The highest BCUT2D eigenvalue weighted by molar-refractivity contribution is 14.0. The number of ether oxygens (including phenoxy) is 2. The van der Waals surface area contributed by atoms with Crippen molar-refractivity contribution in [2.24, 2.45) is 4.99 Å². The molecule has 7 nitrogen and oxygen atoms in total. The molecule has 0 radical (unpaired) electrons. The summed E-state index contributed by atoms with van der Waals surface area (Å²) in [5.74, 6) is 0.792. The van der Waals surface area contributed by atoms with Crippen LogP contribution in [0.2, 0.25) is 0 Å². The Bertz CT molecular complexity index is 505. The minimum atomic E-state index is 0. The largest absolute Gasteiger partial charge is 0.383 e. The first-order valence-electron chi connectivity index (χ1n) is 8.09. The van der Waals surface area contributed by atoms with Crippen molar-refractivity contribution in [3.05, 3.63) is 17.0 Å². The highest BCUT2D eigenvalue weighted by Crippen LogP contribution is 2.14. The van der Waals surface area contributed by atoms with Gasteiger partial charge in [-0.25, -0.2) is 4.99 Å². The average Bonchev–Trinajstić information content (AvgIpc) is 2.77. The number of methoxy groups -OCH3 is 2. The van der Waals surface area contributed by atoms with Gasteiger partial charge in [-0.1, -0.05) is 0 Å². The van der Waals surface area contributed by atoms with E-state index < -0.39 is 0 Å². The van der Waals surface area contributed by atoms with Gasteiger partial charge in [-0.3, -0.25) is 4.68 Å². The van der Waals surface area contributed by atoms with Crippen molar-refractivity contribution < 1.29 is 9.47 Å². The van der Waals surface area contributed by atoms with E-state index in [1.807, 2.05) is 11.6 Å². The molecule has 1 unspecified atom stereocenters. The molecule has 0 saturated heterocycles. The summed E-state index contributed by atoms with van der Waals surface area (Å²) >= 11 is 0. The van der Waals surface area contributed by atoms with Crippen LogP contribution in [0.3, 0.4) is 0 Å². The molecule has 0 aromatic carbocycles. The molecule has 0 aliphatic rings. The maximum absolute atomic E-state index is 5.15. The fourth-order valence-corrected chi connectivity index (χ4v) is 2.36. The normalized spacial score (nSPS) is 12.7. The molecule has 1 heterocycles. The van der Waals surface area contributed by atoms with Gasteiger partial charge in [0, 0.05) is 38.1 Å². The quantitative estimate of drug-likeness (QED) is 0.339. The van der Waals surface area contributed by atoms with E-state index in [0.717, 1.165) is 36.0 Å². The molecule has 0 amide bonds. The van der Waals surface area contributed by atoms with E-state index in [0.29, 0.717) is 19.8 Å². The Morgan fingerprint density at radius 3 is 2.58 bits per heavy atom. The first kappa shape index (κ1) is 23.1. The molecule has 8 heteroatoms. The number of nitrogens with zero attached hydrogens (tertiary/aromatic N) is 3. The zero-order valence-corrected chi connectivity index (χ0v) is 18.0. The van der Waals surface area contributed by atoms with E-state index in [2.05, 4.69) is 41.5 Å². The zero-order valence-electron chi connectivity index (χ0n) is 15.7. The molecule has 1 aromatic rings. The number of aryl methyl sites for hydroxylation is 1. The molecular weight excluding hydrogens is 421 g/mol. The van der Waals surface area contributed by atoms with E-state index in [9.17, 15) is 0 Å². The van der Waals surface area contributed by atoms with Crippen LogP contribution in [-0.2, 0) is 22.6 Å². The number of aromatic nitrogens is 2. The molecule has 1 atom stereocenters. The SMILES string of the molecule is CCNC(=NCc1c(C)nn(CCOC)c1C)NC(C)COC.I. The Labute approximate surface area is 162 Å². The lowest BCUT2D eigenvalue weighted by atomic mass is 10.2. The number of nitrogens with one attached hydrogen (secondary N) is 2. The Balaban J connectivity index is 0.00000529. The van der Waals surface area contributed by atoms with Gasteiger partial charge in [-0.05, 0) is 27.7 Å². The predicted molar refractivity (Wildman–Crippen MR) is 108 cm³/mol. The van der Waals surface area contributed by atoms with E-state index in [1.54, 1.807) is 14.2 Å². The van der Waals surface area contributed by atoms with Gasteiger partial charge in [0.1, 0.15) is 0 Å². The third kappa shape index (κ3) is 7.35. The summed E-state index contributed by atoms with van der Waals surface area (Å²) < 4.78 is 12.3. The fourth-order valence-electron chi connectivity index (χ4n) is 2.36. The second-order valence-corrected chi connectivity index (χ2v) is 5.56. The van der Waals surface area contributed by atoms with Gasteiger partial charge in [0.2, 0.25) is 0 Å². The van der Waals surface area contributed by atoms with Gasteiger partial charge in [-0.15, -0.1) is 24.0 Å². The van der Waals surface area contributed by atoms with Gasteiger partial charge >= 0.3 is 0 Å². The molecule has 2 N–H and O–H groups in total. The molecule has 140 valence electrons. The third-order valence-corrected chi connectivity index (χ3v) is 3.58. The Kier molecular flexibility index (Phi) is 12.0. The van der Waals surface area contributed by atoms with Crippen LogP contribution in [0.25, 0.3) is 0 Å². The minimum Gasteiger partial charge on any atom is -0.383 e. The second-order valence-electron chi connectivity index (χ2n) is 5.56. The van der Waals surface area contributed by atoms with E-state index >= 15 is 0 Å². The van der Waals surface area contributed by atoms with Crippen molar-refractivity contribution in [1.29, 1.82) is 0 Å². The molecule has 0 saturated carbocycles. The smallest absolute Gasteiger partial charge is 0.191 e. The molecule has 0 aliphatic carbocycles. The van der Waals surface area contributed by atoms with Crippen LogP contribution in [0, 0.1) is 13.8 Å². The standard InChI is InChI=1S/C16H31N5O2.HI/c1-7-17-16(19-12(2)11-23-6)18-10-15-13(3)20-21(14(15)4)8-9-22-5;/h12H,7-11H2,1-6H3,(H2,17,18,19);1H. The Hall–Kier alpha value is -0.870. The minimum absolute atomic E-state index is 0. The number of hydrogen-bond acceptors (Lipinski definition) is 4. The summed E-state index contributed by atoms with van der Waals surface area (Å²) in [5, 5.41) is 11.2. The zero-order chi connectivity index (χ0) is 17.2. The van der Waals surface area contributed by atoms with Crippen LogP contribution >= 0.6 is 24.0 Å². The monoisotopic (exact) mass is 453 g/mol. The van der Waals surface area contributed by atoms with Crippen molar-refractivity contribution in [1.82, 2.24) is 20.4 Å².